The van der Waals surface area contributed by atoms with E-state index in [9.17, 15) is 0 Å². The van der Waals surface area contributed by atoms with Crippen molar-refractivity contribution in [3.63, 3.8) is 0 Å². The van der Waals surface area contributed by atoms with Crippen LogP contribution in [0.1, 0.15) is 24.4 Å². The van der Waals surface area contributed by atoms with Crippen LogP contribution in [0.15, 0.2) is 18.2 Å². The molecule has 0 amide bonds. The standard InChI is InChI=1S/C12H15Cl2NO/c13-9-1-2-11(14)10(7-9)12(15)8-3-5-16-6-4-8/h1-2,7-8,12H,3-6,15H2/t12-/m0/s1. The van der Waals surface area contributed by atoms with Crippen LogP contribution < -0.4 is 5.73 Å². The van der Waals surface area contributed by atoms with Gasteiger partial charge in [-0.2, -0.15) is 0 Å². The van der Waals surface area contributed by atoms with Crippen LogP contribution in [0.5, 0.6) is 0 Å². The van der Waals surface area contributed by atoms with E-state index in [1.165, 1.54) is 0 Å². The van der Waals surface area contributed by atoms with Crippen molar-refractivity contribution in [3.8, 4) is 0 Å². The van der Waals surface area contributed by atoms with E-state index in [1.807, 2.05) is 6.07 Å². The number of nitrogens with two attached hydrogens (primary N) is 1. The Morgan fingerprint density at radius 3 is 2.62 bits per heavy atom. The lowest BCUT2D eigenvalue weighted by atomic mass is 9.88. The lowest BCUT2D eigenvalue weighted by Gasteiger charge is -2.28. The molecule has 0 aliphatic carbocycles. The highest BCUT2D eigenvalue weighted by molar-refractivity contribution is 6.33. The van der Waals surface area contributed by atoms with Crippen molar-refractivity contribution in [2.45, 2.75) is 18.9 Å². The Labute approximate surface area is 106 Å². The van der Waals surface area contributed by atoms with E-state index in [0.29, 0.717) is 16.0 Å². The Bertz CT molecular complexity index is 364. The molecule has 4 heteroatoms. The molecule has 88 valence electrons. The Kier molecular flexibility index (Phi) is 4.09. The largest absolute Gasteiger partial charge is 0.381 e. The van der Waals surface area contributed by atoms with Crippen LogP contribution >= 0.6 is 23.2 Å². The van der Waals surface area contributed by atoms with E-state index in [0.717, 1.165) is 31.6 Å². The van der Waals surface area contributed by atoms with Gasteiger partial charge in [-0.25, -0.2) is 0 Å². The van der Waals surface area contributed by atoms with Gasteiger partial charge < -0.3 is 10.5 Å². The molecule has 2 N–H and O–H groups in total. The first kappa shape index (κ1) is 12.2. The molecule has 0 aromatic heterocycles. The van der Waals surface area contributed by atoms with Gasteiger partial charge in [0.05, 0.1) is 0 Å². The van der Waals surface area contributed by atoms with Crippen molar-refractivity contribution in [1.29, 1.82) is 0 Å². The van der Waals surface area contributed by atoms with Crippen molar-refractivity contribution in [1.82, 2.24) is 0 Å². The van der Waals surface area contributed by atoms with Gasteiger partial charge in [0.1, 0.15) is 0 Å². The molecule has 1 aromatic carbocycles. The van der Waals surface area contributed by atoms with Crippen LogP contribution in [0.2, 0.25) is 10.0 Å². The molecule has 1 aliphatic heterocycles. The van der Waals surface area contributed by atoms with Crippen LogP contribution in [0.4, 0.5) is 0 Å². The van der Waals surface area contributed by atoms with Crippen LogP contribution in [-0.4, -0.2) is 13.2 Å². The Balaban J connectivity index is 2.18. The fourth-order valence-corrected chi connectivity index (χ4v) is 2.52. The Hall–Kier alpha value is -0.280. The minimum absolute atomic E-state index is 0.0462. The minimum Gasteiger partial charge on any atom is -0.381 e. The summed E-state index contributed by atoms with van der Waals surface area (Å²) in [5.74, 6) is 0.435. The first-order chi connectivity index (χ1) is 7.68. The molecule has 1 aromatic rings. The maximum absolute atomic E-state index is 6.24. The van der Waals surface area contributed by atoms with Crippen LogP contribution in [0.25, 0.3) is 0 Å². The summed E-state index contributed by atoms with van der Waals surface area (Å²) in [6, 6.07) is 5.40. The smallest absolute Gasteiger partial charge is 0.0469 e. The van der Waals surface area contributed by atoms with Crippen LogP contribution in [-0.2, 0) is 4.74 Å². The maximum atomic E-state index is 6.24. The third kappa shape index (κ3) is 2.69. The third-order valence-electron chi connectivity index (χ3n) is 3.09. The summed E-state index contributed by atoms with van der Waals surface area (Å²) < 4.78 is 5.33. The van der Waals surface area contributed by atoms with Crippen LogP contribution in [0.3, 0.4) is 0 Å². The van der Waals surface area contributed by atoms with Crippen molar-refractivity contribution >= 4 is 23.2 Å². The van der Waals surface area contributed by atoms with Gasteiger partial charge in [0, 0.05) is 29.3 Å². The van der Waals surface area contributed by atoms with E-state index < -0.39 is 0 Å². The number of hydrogen-bond donors (Lipinski definition) is 1. The van der Waals surface area contributed by atoms with Gasteiger partial charge in [0.25, 0.3) is 0 Å². The fourth-order valence-electron chi connectivity index (χ4n) is 2.10. The molecule has 0 bridgehead atoms. The average Bonchev–Trinajstić information content (AvgIpc) is 2.32. The first-order valence-corrected chi connectivity index (χ1v) is 6.22. The number of halogens is 2. The monoisotopic (exact) mass is 259 g/mol. The summed E-state index contributed by atoms with van der Waals surface area (Å²) in [5.41, 5.74) is 7.19. The molecule has 1 saturated heterocycles. The molecule has 1 aliphatic rings. The highest BCUT2D eigenvalue weighted by Gasteiger charge is 2.23. The van der Waals surface area contributed by atoms with Crippen molar-refractivity contribution in [3.05, 3.63) is 33.8 Å². The van der Waals surface area contributed by atoms with Gasteiger partial charge in [-0.1, -0.05) is 23.2 Å². The summed E-state index contributed by atoms with van der Waals surface area (Å²) in [6.07, 6.45) is 1.98. The predicted molar refractivity (Wildman–Crippen MR) is 66.9 cm³/mol. The number of hydrogen-bond acceptors (Lipinski definition) is 2. The zero-order valence-electron chi connectivity index (χ0n) is 8.96. The molecule has 0 unspecified atom stereocenters. The molecular weight excluding hydrogens is 245 g/mol. The Morgan fingerprint density at radius 1 is 1.25 bits per heavy atom. The second kappa shape index (κ2) is 5.37. The van der Waals surface area contributed by atoms with E-state index in [4.69, 9.17) is 33.7 Å². The zero-order valence-corrected chi connectivity index (χ0v) is 10.5. The fraction of sp³-hybridized carbons (Fsp3) is 0.500. The molecule has 0 radical (unpaired) electrons. The summed E-state index contributed by atoms with van der Waals surface area (Å²) in [6.45, 7) is 1.58. The van der Waals surface area contributed by atoms with E-state index in [2.05, 4.69) is 0 Å². The molecule has 0 spiro atoms. The van der Waals surface area contributed by atoms with Crippen molar-refractivity contribution < 1.29 is 4.74 Å². The van der Waals surface area contributed by atoms with Gasteiger partial charge in [-0.05, 0) is 42.5 Å². The van der Waals surface area contributed by atoms with E-state index >= 15 is 0 Å². The number of rotatable bonds is 2. The average molecular weight is 260 g/mol. The zero-order chi connectivity index (χ0) is 11.5. The lowest BCUT2D eigenvalue weighted by Crippen LogP contribution is -2.27. The SMILES string of the molecule is N[C@H](c1cc(Cl)ccc1Cl)C1CCOCC1. The highest BCUT2D eigenvalue weighted by Crippen LogP contribution is 2.33. The molecule has 2 nitrogen and oxygen atoms in total. The van der Waals surface area contributed by atoms with E-state index in [-0.39, 0.29) is 6.04 Å². The number of benzene rings is 1. The normalized spacial score (nSPS) is 19.7. The Morgan fingerprint density at radius 2 is 1.94 bits per heavy atom. The van der Waals surface area contributed by atoms with Crippen molar-refractivity contribution in [2.24, 2.45) is 11.7 Å². The van der Waals surface area contributed by atoms with Crippen molar-refractivity contribution in [2.75, 3.05) is 13.2 Å². The summed E-state index contributed by atoms with van der Waals surface area (Å²) in [5, 5.41) is 1.38. The quantitative estimate of drug-likeness (QED) is 0.884. The molecular formula is C12H15Cl2NO. The number of ether oxygens (including phenoxy) is 1. The molecule has 1 atom stereocenters. The van der Waals surface area contributed by atoms with Gasteiger partial charge in [0.15, 0.2) is 0 Å². The van der Waals surface area contributed by atoms with Gasteiger partial charge in [0.2, 0.25) is 0 Å². The van der Waals surface area contributed by atoms with E-state index in [1.54, 1.807) is 12.1 Å². The molecule has 1 heterocycles. The van der Waals surface area contributed by atoms with Gasteiger partial charge in [-0.3, -0.25) is 0 Å². The molecule has 1 fully saturated rings. The topological polar surface area (TPSA) is 35.2 Å². The predicted octanol–water partition coefficient (Wildman–Crippen LogP) is 3.42. The third-order valence-corrected chi connectivity index (χ3v) is 3.67. The lowest BCUT2D eigenvalue weighted by molar-refractivity contribution is 0.0584. The molecule has 0 saturated carbocycles. The second-order valence-electron chi connectivity index (χ2n) is 4.14. The molecule has 16 heavy (non-hydrogen) atoms. The van der Waals surface area contributed by atoms with Gasteiger partial charge in [-0.15, -0.1) is 0 Å². The minimum atomic E-state index is -0.0462. The summed E-state index contributed by atoms with van der Waals surface area (Å²) in [4.78, 5) is 0. The van der Waals surface area contributed by atoms with Crippen LogP contribution in [0, 0.1) is 5.92 Å². The van der Waals surface area contributed by atoms with Gasteiger partial charge >= 0.3 is 0 Å². The molecule has 2 rings (SSSR count). The summed E-state index contributed by atoms with van der Waals surface area (Å²) in [7, 11) is 0. The highest BCUT2D eigenvalue weighted by atomic mass is 35.5. The first-order valence-electron chi connectivity index (χ1n) is 5.47. The maximum Gasteiger partial charge on any atom is 0.0469 e. The summed E-state index contributed by atoms with van der Waals surface area (Å²) >= 11 is 12.1. The second-order valence-corrected chi connectivity index (χ2v) is 4.99.